The molecule has 4 heterocycles. The molecule has 0 spiro atoms. The third-order valence-electron chi connectivity index (χ3n) is 6.66. The molecule has 1 aliphatic heterocycles. The Morgan fingerprint density at radius 2 is 1.91 bits per heavy atom. The summed E-state index contributed by atoms with van der Waals surface area (Å²) in [7, 11) is 1.83. The quantitative estimate of drug-likeness (QED) is 0.423. The summed E-state index contributed by atoms with van der Waals surface area (Å²) < 4.78 is 6.16. The van der Waals surface area contributed by atoms with Crippen molar-refractivity contribution in [3.8, 4) is 11.5 Å². The number of amides is 1. The average Bonchev–Trinajstić information content (AvgIpc) is 3.62. The number of fused-ring (bicyclic) bond motifs is 2. The van der Waals surface area contributed by atoms with Crippen LogP contribution in [0.15, 0.2) is 41.1 Å². The van der Waals surface area contributed by atoms with Crippen LogP contribution in [0.25, 0.3) is 33.3 Å². The van der Waals surface area contributed by atoms with Crippen molar-refractivity contribution >= 4 is 39.4 Å². The zero-order valence-corrected chi connectivity index (χ0v) is 18.5. The third-order valence-corrected chi connectivity index (χ3v) is 6.66. The van der Waals surface area contributed by atoms with Gasteiger partial charge in [0.15, 0.2) is 5.58 Å². The van der Waals surface area contributed by atoms with Crippen LogP contribution in [-0.4, -0.2) is 41.0 Å². The standard InChI is InChI=1S/C25H26N6O2/c1-26-23-18-12-28-22(31-24(32)15-2-3-15)11-17(18)19(13-29-23)25-30-20-10-16(4-5-21(20)33-25)14-6-8-27-9-7-14/h4-5,10-15,27H,2-3,6-9H2,1H3,(H,26,29)(H,28,31,32). The van der Waals surface area contributed by atoms with Gasteiger partial charge in [-0.2, -0.15) is 0 Å². The van der Waals surface area contributed by atoms with E-state index in [9.17, 15) is 4.79 Å². The van der Waals surface area contributed by atoms with Crippen molar-refractivity contribution in [3.05, 3.63) is 42.2 Å². The van der Waals surface area contributed by atoms with Crippen LogP contribution in [0.2, 0.25) is 0 Å². The van der Waals surface area contributed by atoms with Crippen LogP contribution in [-0.2, 0) is 4.79 Å². The number of aromatic nitrogens is 3. The maximum atomic E-state index is 12.3. The topological polar surface area (TPSA) is 105 Å². The molecule has 8 nitrogen and oxygen atoms in total. The first kappa shape index (κ1) is 20.1. The van der Waals surface area contributed by atoms with Gasteiger partial charge in [-0.1, -0.05) is 6.07 Å². The summed E-state index contributed by atoms with van der Waals surface area (Å²) in [5, 5.41) is 11.2. The van der Waals surface area contributed by atoms with Gasteiger partial charge in [-0.15, -0.1) is 0 Å². The highest BCUT2D eigenvalue weighted by Gasteiger charge is 2.30. The summed E-state index contributed by atoms with van der Waals surface area (Å²) in [6.45, 7) is 2.10. The van der Waals surface area contributed by atoms with Gasteiger partial charge in [0.05, 0.1) is 5.56 Å². The van der Waals surface area contributed by atoms with Crippen molar-refractivity contribution in [2.24, 2.45) is 5.92 Å². The Morgan fingerprint density at radius 3 is 2.70 bits per heavy atom. The Morgan fingerprint density at radius 1 is 1.06 bits per heavy atom. The van der Waals surface area contributed by atoms with E-state index in [1.165, 1.54) is 5.56 Å². The number of rotatable bonds is 5. The van der Waals surface area contributed by atoms with Gasteiger partial charge in [-0.05, 0) is 68.5 Å². The van der Waals surface area contributed by atoms with E-state index < -0.39 is 0 Å². The summed E-state index contributed by atoms with van der Waals surface area (Å²) in [5.74, 6) is 2.44. The number of benzene rings is 1. The highest BCUT2D eigenvalue weighted by Crippen LogP contribution is 2.36. The fourth-order valence-corrected chi connectivity index (χ4v) is 4.62. The molecule has 1 saturated carbocycles. The lowest BCUT2D eigenvalue weighted by molar-refractivity contribution is -0.117. The minimum absolute atomic E-state index is 0.0265. The third kappa shape index (κ3) is 3.80. The molecular weight excluding hydrogens is 416 g/mol. The van der Waals surface area contributed by atoms with Crippen molar-refractivity contribution in [3.63, 3.8) is 0 Å². The molecule has 3 aromatic heterocycles. The Balaban J connectivity index is 1.41. The molecule has 4 aromatic rings. The Labute approximate surface area is 191 Å². The summed E-state index contributed by atoms with van der Waals surface area (Å²) in [6, 6.07) is 8.20. The second-order valence-corrected chi connectivity index (χ2v) is 8.92. The summed E-state index contributed by atoms with van der Waals surface area (Å²) in [4.78, 5) is 26.1. The number of nitrogens with zero attached hydrogens (tertiary/aromatic N) is 3. The van der Waals surface area contributed by atoms with Crippen LogP contribution in [0.5, 0.6) is 0 Å². The minimum Gasteiger partial charge on any atom is -0.436 e. The van der Waals surface area contributed by atoms with Gasteiger partial charge in [-0.25, -0.2) is 15.0 Å². The smallest absolute Gasteiger partial charge is 0.229 e. The van der Waals surface area contributed by atoms with Crippen molar-refractivity contribution in [1.29, 1.82) is 0 Å². The van der Waals surface area contributed by atoms with Gasteiger partial charge in [0.1, 0.15) is 17.2 Å². The second-order valence-electron chi connectivity index (χ2n) is 8.92. The van der Waals surface area contributed by atoms with Crippen molar-refractivity contribution in [2.45, 2.75) is 31.6 Å². The maximum absolute atomic E-state index is 12.3. The van der Waals surface area contributed by atoms with E-state index in [-0.39, 0.29) is 11.8 Å². The fraction of sp³-hybridized carbons (Fsp3) is 0.360. The predicted molar refractivity (Wildman–Crippen MR) is 128 cm³/mol. The van der Waals surface area contributed by atoms with E-state index in [1.807, 2.05) is 19.2 Å². The average molecular weight is 443 g/mol. The highest BCUT2D eigenvalue weighted by atomic mass is 16.3. The second kappa shape index (κ2) is 8.12. The lowest BCUT2D eigenvalue weighted by atomic mass is 9.90. The molecule has 2 aliphatic rings. The van der Waals surface area contributed by atoms with Gasteiger partial charge >= 0.3 is 0 Å². The number of oxazole rings is 1. The van der Waals surface area contributed by atoms with E-state index >= 15 is 0 Å². The number of carbonyl (C=O) groups excluding carboxylic acids is 1. The van der Waals surface area contributed by atoms with Crippen LogP contribution in [0, 0.1) is 5.92 Å². The molecule has 0 bridgehead atoms. The Bertz CT molecular complexity index is 1350. The SMILES string of the molecule is CNc1ncc(-c2nc3cc(C4CCNCC4)ccc3o2)c2cc(NC(=O)C3CC3)ncc12. The number of piperidine rings is 1. The van der Waals surface area contributed by atoms with Crippen molar-refractivity contribution < 1.29 is 9.21 Å². The lowest BCUT2D eigenvalue weighted by Gasteiger charge is -2.22. The van der Waals surface area contributed by atoms with E-state index in [0.717, 1.165) is 66.2 Å². The molecule has 6 rings (SSSR count). The summed E-state index contributed by atoms with van der Waals surface area (Å²) >= 11 is 0. The highest BCUT2D eigenvalue weighted by molar-refractivity contribution is 6.03. The summed E-state index contributed by atoms with van der Waals surface area (Å²) in [5.41, 5.74) is 3.69. The Kier molecular flexibility index (Phi) is 4.95. The maximum Gasteiger partial charge on any atom is 0.229 e. The molecule has 2 fully saturated rings. The van der Waals surface area contributed by atoms with Crippen molar-refractivity contribution in [2.75, 3.05) is 30.8 Å². The molecule has 0 atom stereocenters. The first-order valence-corrected chi connectivity index (χ1v) is 11.6. The summed E-state index contributed by atoms with van der Waals surface area (Å²) in [6.07, 6.45) is 7.66. The number of anilines is 2. The van der Waals surface area contributed by atoms with E-state index in [4.69, 9.17) is 9.40 Å². The molecule has 168 valence electrons. The number of pyridine rings is 2. The largest absolute Gasteiger partial charge is 0.436 e. The van der Waals surface area contributed by atoms with Gasteiger partial charge in [0.25, 0.3) is 0 Å². The van der Waals surface area contributed by atoms with Crippen molar-refractivity contribution in [1.82, 2.24) is 20.3 Å². The Hall–Kier alpha value is -3.52. The van der Waals surface area contributed by atoms with E-state index in [2.05, 4.69) is 38.1 Å². The molecular formula is C25H26N6O2. The molecule has 1 aromatic carbocycles. The first-order valence-electron chi connectivity index (χ1n) is 11.6. The molecule has 0 radical (unpaired) electrons. The predicted octanol–water partition coefficient (Wildman–Crippen LogP) is 4.30. The van der Waals surface area contributed by atoms with Gasteiger partial charge < -0.3 is 20.4 Å². The molecule has 33 heavy (non-hydrogen) atoms. The van der Waals surface area contributed by atoms with E-state index in [0.29, 0.717) is 23.4 Å². The molecule has 3 N–H and O–H groups in total. The van der Waals surface area contributed by atoms with Crippen LogP contribution in [0.1, 0.15) is 37.2 Å². The molecule has 8 heteroatoms. The first-order chi connectivity index (χ1) is 16.2. The molecule has 1 amide bonds. The van der Waals surface area contributed by atoms with Gasteiger partial charge in [0.2, 0.25) is 11.8 Å². The van der Waals surface area contributed by atoms with Crippen LogP contribution >= 0.6 is 0 Å². The monoisotopic (exact) mass is 442 g/mol. The minimum atomic E-state index is 0.0265. The van der Waals surface area contributed by atoms with Gasteiger partial charge in [-0.3, -0.25) is 4.79 Å². The van der Waals surface area contributed by atoms with Gasteiger partial charge in [0, 0.05) is 36.1 Å². The van der Waals surface area contributed by atoms with E-state index in [1.54, 1.807) is 12.4 Å². The van der Waals surface area contributed by atoms with Crippen LogP contribution < -0.4 is 16.0 Å². The molecule has 1 aliphatic carbocycles. The molecule has 0 unspecified atom stereocenters. The normalized spacial score (nSPS) is 16.9. The lowest BCUT2D eigenvalue weighted by Crippen LogP contribution is -2.26. The van der Waals surface area contributed by atoms with Crippen LogP contribution in [0.3, 0.4) is 0 Å². The number of hydrogen-bond acceptors (Lipinski definition) is 7. The zero-order valence-electron chi connectivity index (χ0n) is 18.5. The number of carbonyl (C=O) groups is 1. The van der Waals surface area contributed by atoms with Crippen LogP contribution in [0.4, 0.5) is 11.6 Å². The molecule has 1 saturated heterocycles. The zero-order chi connectivity index (χ0) is 22.4. The fourth-order valence-electron chi connectivity index (χ4n) is 4.62. The number of nitrogens with one attached hydrogen (secondary N) is 3. The number of hydrogen-bond donors (Lipinski definition) is 3.